The lowest BCUT2D eigenvalue weighted by Crippen LogP contribution is -2.07. The van der Waals surface area contributed by atoms with E-state index in [1.165, 1.54) is 25.0 Å². The van der Waals surface area contributed by atoms with Crippen molar-refractivity contribution in [3.05, 3.63) is 22.8 Å². The molecule has 0 atom stereocenters. The van der Waals surface area contributed by atoms with Gasteiger partial charge in [-0.3, -0.25) is 5.43 Å². The van der Waals surface area contributed by atoms with Crippen molar-refractivity contribution in [1.82, 2.24) is 4.98 Å². The molecule has 0 radical (unpaired) electrons. The van der Waals surface area contributed by atoms with E-state index in [-0.39, 0.29) is 0 Å². The van der Waals surface area contributed by atoms with Crippen LogP contribution in [0, 0.1) is 0 Å². The quantitative estimate of drug-likeness (QED) is 0.657. The van der Waals surface area contributed by atoms with E-state index in [1.807, 2.05) is 18.2 Å². The predicted octanol–water partition coefficient (Wildman–Crippen LogP) is 3.58. The van der Waals surface area contributed by atoms with Crippen molar-refractivity contribution in [3.8, 4) is 0 Å². The largest absolute Gasteiger partial charge is 0.261 e. The average molecular weight is 268 g/mol. The summed E-state index contributed by atoms with van der Waals surface area (Å²) in [5.41, 5.74) is 4.27. The summed E-state index contributed by atoms with van der Waals surface area (Å²) < 4.78 is 0.830. The third-order valence-electron chi connectivity index (χ3n) is 2.47. The van der Waals surface area contributed by atoms with E-state index in [4.69, 9.17) is 0 Å². The number of nitrogens with one attached hydrogen (secondary N) is 1. The summed E-state index contributed by atoms with van der Waals surface area (Å²) in [6, 6.07) is 5.76. The molecule has 1 aliphatic rings. The van der Waals surface area contributed by atoms with Gasteiger partial charge in [0.15, 0.2) is 0 Å². The Bertz CT molecular complexity index is 355. The van der Waals surface area contributed by atoms with Gasteiger partial charge in [0.25, 0.3) is 0 Å². The Kier molecular flexibility index (Phi) is 3.72. The zero-order valence-electron chi connectivity index (χ0n) is 8.54. The molecule has 2 rings (SSSR count). The molecule has 1 aromatic rings. The van der Waals surface area contributed by atoms with Crippen molar-refractivity contribution in [3.63, 3.8) is 0 Å². The topological polar surface area (TPSA) is 37.3 Å². The first kappa shape index (κ1) is 10.6. The maximum absolute atomic E-state index is 4.38. The van der Waals surface area contributed by atoms with Crippen molar-refractivity contribution in [2.45, 2.75) is 32.1 Å². The van der Waals surface area contributed by atoms with Gasteiger partial charge >= 0.3 is 0 Å². The molecule has 3 nitrogen and oxygen atoms in total. The third-order valence-corrected chi connectivity index (χ3v) is 2.92. The minimum absolute atomic E-state index is 0.794. The Morgan fingerprint density at radius 1 is 1.20 bits per heavy atom. The average Bonchev–Trinajstić information content (AvgIpc) is 2.28. The number of anilines is 1. The van der Waals surface area contributed by atoms with E-state index >= 15 is 0 Å². The summed E-state index contributed by atoms with van der Waals surface area (Å²) in [7, 11) is 0. The van der Waals surface area contributed by atoms with Gasteiger partial charge in [-0.2, -0.15) is 5.10 Å². The number of rotatable bonds is 2. The van der Waals surface area contributed by atoms with E-state index in [0.717, 1.165) is 23.3 Å². The number of nitrogens with zero attached hydrogens (tertiary/aromatic N) is 2. The highest BCUT2D eigenvalue weighted by atomic mass is 79.9. The molecular weight excluding hydrogens is 254 g/mol. The standard InChI is InChI=1S/C11H14BrN3/c12-10-7-4-8-11(13-10)15-14-9-5-2-1-3-6-9/h4,7-8H,1-3,5-6H2,(H,13,15). The second kappa shape index (κ2) is 5.26. The van der Waals surface area contributed by atoms with Crippen molar-refractivity contribution < 1.29 is 0 Å². The van der Waals surface area contributed by atoms with E-state index in [1.54, 1.807) is 0 Å². The molecule has 1 N–H and O–H groups in total. The maximum atomic E-state index is 4.38. The summed E-state index contributed by atoms with van der Waals surface area (Å²) in [6.07, 6.45) is 6.13. The van der Waals surface area contributed by atoms with E-state index in [2.05, 4.69) is 31.4 Å². The predicted molar refractivity (Wildman–Crippen MR) is 66.1 cm³/mol. The minimum Gasteiger partial charge on any atom is -0.261 e. The molecule has 80 valence electrons. The summed E-state index contributed by atoms with van der Waals surface area (Å²) >= 11 is 3.33. The van der Waals surface area contributed by atoms with Gasteiger partial charge in [0.2, 0.25) is 0 Å². The molecule has 4 heteroatoms. The van der Waals surface area contributed by atoms with Crippen LogP contribution in [0.25, 0.3) is 0 Å². The highest BCUT2D eigenvalue weighted by molar-refractivity contribution is 9.10. The van der Waals surface area contributed by atoms with Gasteiger partial charge in [-0.25, -0.2) is 4.98 Å². The highest BCUT2D eigenvalue weighted by Crippen LogP contribution is 2.15. The molecule has 15 heavy (non-hydrogen) atoms. The molecular formula is C11H14BrN3. The molecule has 0 bridgehead atoms. The van der Waals surface area contributed by atoms with Gasteiger partial charge < -0.3 is 0 Å². The first-order chi connectivity index (χ1) is 7.34. The molecule has 0 spiro atoms. The fraction of sp³-hybridized carbons (Fsp3) is 0.455. The van der Waals surface area contributed by atoms with Crippen LogP contribution in [-0.2, 0) is 0 Å². The second-order valence-electron chi connectivity index (χ2n) is 3.70. The summed E-state index contributed by atoms with van der Waals surface area (Å²) in [6.45, 7) is 0. The molecule has 1 heterocycles. The Labute approximate surface area is 98.1 Å². The van der Waals surface area contributed by atoms with Crippen LogP contribution in [0.15, 0.2) is 27.9 Å². The van der Waals surface area contributed by atoms with Gasteiger partial charge in [-0.1, -0.05) is 12.5 Å². The monoisotopic (exact) mass is 267 g/mol. The summed E-state index contributed by atoms with van der Waals surface area (Å²) in [5, 5.41) is 4.38. The number of halogens is 1. The van der Waals surface area contributed by atoms with Crippen molar-refractivity contribution in [2.24, 2.45) is 5.10 Å². The molecule has 1 saturated carbocycles. The van der Waals surface area contributed by atoms with Gasteiger partial charge in [-0.15, -0.1) is 0 Å². The number of hydrazone groups is 1. The van der Waals surface area contributed by atoms with Crippen LogP contribution in [0.3, 0.4) is 0 Å². The van der Waals surface area contributed by atoms with E-state index < -0.39 is 0 Å². The minimum atomic E-state index is 0.794. The van der Waals surface area contributed by atoms with Crippen LogP contribution in [0.1, 0.15) is 32.1 Å². The van der Waals surface area contributed by atoms with Crippen LogP contribution in [-0.4, -0.2) is 10.7 Å². The molecule has 1 aromatic heterocycles. The fourth-order valence-corrected chi connectivity index (χ4v) is 2.02. The molecule has 1 aliphatic carbocycles. The van der Waals surface area contributed by atoms with Crippen molar-refractivity contribution in [1.29, 1.82) is 0 Å². The van der Waals surface area contributed by atoms with Crippen LogP contribution < -0.4 is 5.43 Å². The first-order valence-corrected chi connectivity index (χ1v) is 6.08. The molecule has 0 aliphatic heterocycles. The summed E-state index contributed by atoms with van der Waals surface area (Å²) in [4.78, 5) is 4.26. The lowest BCUT2D eigenvalue weighted by molar-refractivity contribution is 0.665. The number of aromatic nitrogens is 1. The van der Waals surface area contributed by atoms with Gasteiger partial charge in [-0.05, 0) is 53.7 Å². The van der Waals surface area contributed by atoms with Crippen molar-refractivity contribution >= 4 is 27.5 Å². The SMILES string of the molecule is Brc1cccc(NN=C2CCCCC2)n1. The zero-order chi connectivity index (χ0) is 10.5. The van der Waals surface area contributed by atoms with Crippen LogP contribution in [0.2, 0.25) is 0 Å². The van der Waals surface area contributed by atoms with Crippen LogP contribution in [0.5, 0.6) is 0 Å². The van der Waals surface area contributed by atoms with E-state index in [0.29, 0.717) is 0 Å². The molecule has 0 saturated heterocycles. The fourth-order valence-electron chi connectivity index (χ4n) is 1.68. The lowest BCUT2D eigenvalue weighted by atomic mass is 9.99. The third kappa shape index (κ3) is 3.30. The molecule has 0 unspecified atom stereocenters. The Morgan fingerprint density at radius 3 is 2.73 bits per heavy atom. The van der Waals surface area contributed by atoms with Crippen LogP contribution >= 0.6 is 15.9 Å². The van der Waals surface area contributed by atoms with Crippen LogP contribution in [0.4, 0.5) is 5.82 Å². The molecule has 1 fully saturated rings. The zero-order valence-corrected chi connectivity index (χ0v) is 10.1. The second-order valence-corrected chi connectivity index (χ2v) is 4.51. The van der Waals surface area contributed by atoms with Gasteiger partial charge in [0, 0.05) is 5.71 Å². The number of hydrogen-bond acceptors (Lipinski definition) is 3. The molecule has 0 aromatic carbocycles. The Balaban J connectivity index is 1.96. The normalized spacial score (nSPS) is 16.2. The van der Waals surface area contributed by atoms with Crippen molar-refractivity contribution in [2.75, 3.05) is 5.43 Å². The molecule has 0 amide bonds. The highest BCUT2D eigenvalue weighted by Gasteiger charge is 2.06. The van der Waals surface area contributed by atoms with E-state index in [9.17, 15) is 0 Å². The maximum Gasteiger partial charge on any atom is 0.147 e. The Morgan fingerprint density at radius 2 is 2.00 bits per heavy atom. The van der Waals surface area contributed by atoms with Gasteiger partial charge in [0.05, 0.1) is 0 Å². The smallest absolute Gasteiger partial charge is 0.147 e. The van der Waals surface area contributed by atoms with Gasteiger partial charge in [0.1, 0.15) is 10.4 Å². The first-order valence-electron chi connectivity index (χ1n) is 5.28. The summed E-state index contributed by atoms with van der Waals surface area (Å²) in [5.74, 6) is 0.794. The number of pyridine rings is 1. The Hall–Kier alpha value is -0.900. The lowest BCUT2D eigenvalue weighted by Gasteiger charge is -2.12. The number of hydrogen-bond donors (Lipinski definition) is 1.